The summed E-state index contributed by atoms with van der Waals surface area (Å²) in [6, 6.07) is 14.3. The number of halogens is 2. The van der Waals surface area contributed by atoms with E-state index in [1.54, 1.807) is 0 Å². The zero-order valence-electron chi connectivity index (χ0n) is 12.4. The first-order chi connectivity index (χ1) is 10.7. The first-order valence-corrected chi connectivity index (χ1v) is 7.68. The molecule has 0 spiro atoms. The number of hydrogen-bond donors (Lipinski definition) is 1. The van der Waals surface area contributed by atoms with Crippen LogP contribution in [0, 0.1) is 11.6 Å². The lowest BCUT2D eigenvalue weighted by molar-refractivity contribution is 0.211. The third-order valence-corrected chi connectivity index (χ3v) is 4.13. The normalized spacial score (nSPS) is 16.6. The zero-order chi connectivity index (χ0) is 15.4. The van der Waals surface area contributed by atoms with Crippen molar-refractivity contribution < 1.29 is 8.78 Å². The predicted octanol–water partition coefficient (Wildman–Crippen LogP) is 4.04. The molecular weight excluding hydrogens is 282 g/mol. The zero-order valence-corrected chi connectivity index (χ0v) is 12.4. The van der Waals surface area contributed by atoms with Crippen molar-refractivity contribution in [3.8, 4) is 0 Å². The SMILES string of the molecule is Fc1ccc(NC2CCN(Cc3ccccc3)CC2)c(F)c1. The molecule has 2 aromatic carbocycles. The monoisotopic (exact) mass is 302 g/mol. The summed E-state index contributed by atoms with van der Waals surface area (Å²) in [6.45, 7) is 2.92. The fourth-order valence-corrected chi connectivity index (χ4v) is 2.90. The molecule has 116 valence electrons. The van der Waals surface area contributed by atoms with Gasteiger partial charge >= 0.3 is 0 Å². The maximum absolute atomic E-state index is 13.7. The molecule has 3 rings (SSSR count). The van der Waals surface area contributed by atoms with Gasteiger partial charge in [0.2, 0.25) is 0 Å². The summed E-state index contributed by atoms with van der Waals surface area (Å²) < 4.78 is 26.6. The summed E-state index contributed by atoms with van der Waals surface area (Å²) in [4.78, 5) is 2.41. The van der Waals surface area contributed by atoms with Crippen molar-refractivity contribution in [3.63, 3.8) is 0 Å². The van der Waals surface area contributed by atoms with Gasteiger partial charge in [0, 0.05) is 31.7 Å². The van der Waals surface area contributed by atoms with Gasteiger partial charge in [-0.15, -0.1) is 0 Å². The minimum atomic E-state index is -0.541. The fourth-order valence-electron chi connectivity index (χ4n) is 2.90. The molecule has 4 heteroatoms. The van der Waals surface area contributed by atoms with Crippen LogP contribution in [-0.4, -0.2) is 24.0 Å². The Morgan fingerprint density at radius 3 is 2.41 bits per heavy atom. The number of nitrogens with zero attached hydrogens (tertiary/aromatic N) is 1. The van der Waals surface area contributed by atoms with E-state index in [1.165, 1.54) is 17.7 Å². The van der Waals surface area contributed by atoms with Crippen LogP contribution in [0.1, 0.15) is 18.4 Å². The van der Waals surface area contributed by atoms with Crippen LogP contribution in [0.25, 0.3) is 0 Å². The molecule has 1 heterocycles. The summed E-state index contributed by atoms with van der Waals surface area (Å²) in [5, 5.41) is 3.19. The highest BCUT2D eigenvalue weighted by atomic mass is 19.1. The van der Waals surface area contributed by atoms with Gasteiger partial charge in [0.25, 0.3) is 0 Å². The Morgan fingerprint density at radius 1 is 1.00 bits per heavy atom. The highest BCUT2D eigenvalue weighted by molar-refractivity contribution is 5.45. The molecule has 22 heavy (non-hydrogen) atoms. The first-order valence-electron chi connectivity index (χ1n) is 7.68. The molecular formula is C18H20F2N2. The average molecular weight is 302 g/mol. The topological polar surface area (TPSA) is 15.3 Å². The fraction of sp³-hybridized carbons (Fsp3) is 0.333. The van der Waals surface area contributed by atoms with Gasteiger partial charge in [0.05, 0.1) is 5.69 Å². The van der Waals surface area contributed by atoms with E-state index in [-0.39, 0.29) is 6.04 Å². The van der Waals surface area contributed by atoms with E-state index in [1.807, 2.05) is 6.07 Å². The molecule has 0 saturated carbocycles. The second-order valence-electron chi connectivity index (χ2n) is 5.80. The van der Waals surface area contributed by atoms with Crippen LogP contribution in [-0.2, 0) is 6.54 Å². The van der Waals surface area contributed by atoms with Gasteiger partial charge in [-0.3, -0.25) is 4.90 Å². The van der Waals surface area contributed by atoms with E-state index in [9.17, 15) is 8.78 Å². The van der Waals surface area contributed by atoms with E-state index in [4.69, 9.17) is 0 Å². The van der Waals surface area contributed by atoms with E-state index >= 15 is 0 Å². The Kier molecular flexibility index (Phi) is 4.68. The van der Waals surface area contributed by atoms with Crippen LogP contribution >= 0.6 is 0 Å². The largest absolute Gasteiger partial charge is 0.380 e. The quantitative estimate of drug-likeness (QED) is 0.917. The molecule has 0 amide bonds. The second-order valence-corrected chi connectivity index (χ2v) is 5.80. The third kappa shape index (κ3) is 3.83. The molecule has 0 radical (unpaired) electrons. The summed E-state index contributed by atoms with van der Waals surface area (Å²) >= 11 is 0. The number of anilines is 1. The van der Waals surface area contributed by atoms with Gasteiger partial charge in [-0.1, -0.05) is 30.3 Å². The van der Waals surface area contributed by atoms with Gasteiger partial charge in [-0.05, 0) is 30.5 Å². The lowest BCUT2D eigenvalue weighted by Crippen LogP contribution is -2.38. The Hall–Kier alpha value is -1.94. The lowest BCUT2D eigenvalue weighted by Gasteiger charge is -2.33. The van der Waals surface area contributed by atoms with Gasteiger partial charge in [0.1, 0.15) is 11.6 Å². The molecule has 1 aliphatic heterocycles. The highest BCUT2D eigenvalue weighted by Gasteiger charge is 2.20. The van der Waals surface area contributed by atoms with Gasteiger partial charge < -0.3 is 5.32 Å². The van der Waals surface area contributed by atoms with Crippen LogP contribution < -0.4 is 5.32 Å². The second kappa shape index (κ2) is 6.88. The number of rotatable bonds is 4. The van der Waals surface area contributed by atoms with Crippen molar-refractivity contribution in [1.82, 2.24) is 4.90 Å². The highest BCUT2D eigenvalue weighted by Crippen LogP contribution is 2.21. The van der Waals surface area contributed by atoms with Crippen molar-refractivity contribution in [2.45, 2.75) is 25.4 Å². The van der Waals surface area contributed by atoms with Crippen molar-refractivity contribution in [2.24, 2.45) is 0 Å². The smallest absolute Gasteiger partial charge is 0.149 e. The summed E-state index contributed by atoms with van der Waals surface area (Å²) in [5.74, 6) is -1.06. The standard InChI is InChI=1S/C18H20F2N2/c19-15-6-7-18(17(20)12-15)21-16-8-10-22(11-9-16)13-14-4-2-1-3-5-14/h1-7,12,16,21H,8-11,13H2. The van der Waals surface area contributed by atoms with E-state index < -0.39 is 11.6 Å². The molecule has 0 aliphatic carbocycles. The molecule has 0 unspecified atom stereocenters. The number of benzene rings is 2. The van der Waals surface area contributed by atoms with Crippen LogP contribution in [0.2, 0.25) is 0 Å². The Balaban J connectivity index is 1.51. The molecule has 0 aromatic heterocycles. The van der Waals surface area contributed by atoms with Crippen LogP contribution in [0.4, 0.5) is 14.5 Å². The number of likely N-dealkylation sites (tertiary alicyclic amines) is 1. The van der Waals surface area contributed by atoms with E-state index in [0.717, 1.165) is 38.5 Å². The Morgan fingerprint density at radius 2 is 1.73 bits per heavy atom. The minimum Gasteiger partial charge on any atom is -0.380 e. The third-order valence-electron chi connectivity index (χ3n) is 4.13. The first kappa shape index (κ1) is 15.0. The summed E-state index contributed by atoms with van der Waals surface area (Å²) in [6.07, 6.45) is 1.92. The lowest BCUT2D eigenvalue weighted by atomic mass is 10.0. The van der Waals surface area contributed by atoms with Crippen molar-refractivity contribution in [2.75, 3.05) is 18.4 Å². The summed E-state index contributed by atoms with van der Waals surface area (Å²) in [5.41, 5.74) is 1.71. The number of nitrogens with one attached hydrogen (secondary N) is 1. The minimum absolute atomic E-state index is 0.243. The van der Waals surface area contributed by atoms with Gasteiger partial charge in [-0.25, -0.2) is 8.78 Å². The maximum Gasteiger partial charge on any atom is 0.149 e. The Bertz CT molecular complexity index is 608. The van der Waals surface area contributed by atoms with Crippen LogP contribution in [0.3, 0.4) is 0 Å². The molecule has 0 atom stereocenters. The van der Waals surface area contributed by atoms with E-state index in [0.29, 0.717) is 5.69 Å². The van der Waals surface area contributed by atoms with Gasteiger partial charge in [-0.2, -0.15) is 0 Å². The van der Waals surface area contributed by atoms with Crippen molar-refractivity contribution in [1.29, 1.82) is 0 Å². The summed E-state index contributed by atoms with van der Waals surface area (Å²) in [7, 11) is 0. The predicted molar refractivity (Wildman–Crippen MR) is 84.7 cm³/mol. The maximum atomic E-state index is 13.7. The Labute approximate surface area is 129 Å². The number of hydrogen-bond acceptors (Lipinski definition) is 2. The van der Waals surface area contributed by atoms with Crippen LogP contribution in [0.15, 0.2) is 48.5 Å². The molecule has 0 bridgehead atoms. The van der Waals surface area contributed by atoms with E-state index in [2.05, 4.69) is 34.5 Å². The van der Waals surface area contributed by atoms with Gasteiger partial charge in [0.15, 0.2) is 0 Å². The van der Waals surface area contributed by atoms with Crippen molar-refractivity contribution in [3.05, 3.63) is 65.7 Å². The number of piperidine rings is 1. The molecule has 2 nitrogen and oxygen atoms in total. The average Bonchev–Trinajstić information content (AvgIpc) is 2.53. The molecule has 1 saturated heterocycles. The molecule has 1 aliphatic rings. The molecule has 1 fully saturated rings. The van der Waals surface area contributed by atoms with Crippen molar-refractivity contribution >= 4 is 5.69 Å². The molecule has 1 N–H and O–H groups in total. The van der Waals surface area contributed by atoms with Crippen LogP contribution in [0.5, 0.6) is 0 Å². The molecule has 2 aromatic rings.